The van der Waals surface area contributed by atoms with E-state index < -0.39 is 11.4 Å². The summed E-state index contributed by atoms with van der Waals surface area (Å²) < 4.78 is 0. The van der Waals surface area contributed by atoms with Gasteiger partial charge in [-0.3, -0.25) is 4.79 Å². The number of aliphatic carboxylic acids is 1. The number of carbonyl (C=O) groups is 1. The van der Waals surface area contributed by atoms with Crippen LogP contribution in [0.1, 0.15) is 39.5 Å². The molecule has 1 fully saturated rings. The lowest BCUT2D eigenvalue weighted by atomic mass is 9.75. The summed E-state index contributed by atoms with van der Waals surface area (Å²) in [5.74, 6) is -0.588. The van der Waals surface area contributed by atoms with Gasteiger partial charge in [0.1, 0.15) is 0 Å². The van der Waals surface area contributed by atoms with Gasteiger partial charge in [-0.05, 0) is 38.9 Å². The molecule has 0 saturated carbocycles. The number of hydrogen-bond acceptors (Lipinski definition) is 2. The van der Waals surface area contributed by atoms with Crippen molar-refractivity contribution in [3.05, 3.63) is 0 Å². The van der Waals surface area contributed by atoms with Crippen molar-refractivity contribution >= 4 is 5.97 Å². The van der Waals surface area contributed by atoms with Crippen LogP contribution in [0.15, 0.2) is 0 Å². The first-order valence-corrected chi connectivity index (χ1v) is 5.60. The minimum atomic E-state index is -0.588. The summed E-state index contributed by atoms with van der Waals surface area (Å²) in [5, 5.41) is 9.26. The van der Waals surface area contributed by atoms with Crippen LogP contribution < -0.4 is 0 Å². The molecule has 1 N–H and O–H groups in total. The van der Waals surface area contributed by atoms with E-state index in [0.717, 1.165) is 45.3 Å². The van der Waals surface area contributed by atoms with Crippen molar-refractivity contribution in [3.8, 4) is 0 Å². The van der Waals surface area contributed by atoms with Gasteiger partial charge in [0, 0.05) is 0 Å². The molecule has 0 aromatic heterocycles. The zero-order valence-electron chi connectivity index (χ0n) is 9.25. The van der Waals surface area contributed by atoms with Crippen molar-refractivity contribution in [3.63, 3.8) is 0 Å². The Hall–Kier alpha value is -0.570. The minimum absolute atomic E-state index is 0.416. The molecule has 1 aliphatic heterocycles. The van der Waals surface area contributed by atoms with E-state index in [1.807, 2.05) is 0 Å². The maximum Gasteiger partial charge on any atom is 0.309 e. The molecule has 0 unspecified atom stereocenters. The fraction of sp³-hybridized carbons (Fsp3) is 0.909. The maximum atomic E-state index is 11.2. The Balaban J connectivity index is 2.59. The van der Waals surface area contributed by atoms with Crippen LogP contribution in [0.5, 0.6) is 0 Å². The van der Waals surface area contributed by atoms with Crippen LogP contribution in [0.2, 0.25) is 0 Å². The maximum absolute atomic E-state index is 11.2. The SMILES string of the molecule is CCCC1(C(=O)O)CCN(CC)CC1. The number of nitrogens with zero attached hydrogens (tertiary/aromatic N) is 1. The second kappa shape index (κ2) is 4.78. The highest BCUT2D eigenvalue weighted by molar-refractivity contribution is 5.74. The standard InChI is InChI=1S/C11H21NO2/c1-3-5-11(10(13)14)6-8-12(4-2)9-7-11/h3-9H2,1-2H3,(H,13,14). The zero-order chi connectivity index (χ0) is 10.6. The molecular formula is C11H21NO2. The van der Waals surface area contributed by atoms with Gasteiger partial charge in [0.05, 0.1) is 5.41 Å². The number of likely N-dealkylation sites (tertiary alicyclic amines) is 1. The van der Waals surface area contributed by atoms with Gasteiger partial charge in [0.2, 0.25) is 0 Å². The van der Waals surface area contributed by atoms with Gasteiger partial charge in [0.25, 0.3) is 0 Å². The van der Waals surface area contributed by atoms with E-state index in [1.165, 1.54) is 0 Å². The molecule has 82 valence electrons. The van der Waals surface area contributed by atoms with E-state index in [9.17, 15) is 9.90 Å². The Kier molecular flexibility index (Phi) is 3.93. The van der Waals surface area contributed by atoms with Gasteiger partial charge in [-0.25, -0.2) is 0 Å². The van der Waals surface area contributed by atoms with E-state index in [4.69, 9.17) is 0 Å². The molecule has 0 aromatic carbocycles. The van der Waals surface area contributed by atoms with E-state index in [1.54, 1.807) is 0 Å². The van der Waals surface area contributed by atoms with Gasteiger partial charge < -0.3 is 10.0 Å². The van der Waals surface area contributed by atoms with Gasteiger partial charge in [0.15, 0.2) is 0 Å². The Bertz CT molecular complexity index is 195. The smallest absolute Gasteiger partial charge is 0.309 e. The highest BCUT2D eigenvalue weighted by Crippen LogP contribution is 2.36. The van der Waals surface area contributed by atoms with E-state index in [0.29, 0.717) is 0 Å². The van der Waals surface area contributed by atoms with Gasteiger partial charge in [-0.2, -0.15) is 0 Å². The summed E-state index contributed by atoms with van der Waals surface area (Å²) >= 11 is 0. The summed E-state index contributed by atoms with van der Waals surface area (Å²) in [7, 11) is 0. The molecule has 0 atom stereocenters. The fourth-order valence-corrected chi connectivity index (χ4v) is 2.35. The highest BCUT2D eigenvalue weighted by atomic mass is 16.4. The largest absolute Gasteiger partial charge is 0.481 e. The summed E-state index contributed by atoms with van der Waals surface area (Å²) in [6, 6.07) is 0. The Labute approximate surface area is 86.1 Å². The molecule has 0 aliphatic carbocycles. The van der Waals surface area contributed by atoms with Gasteiger partial charge in [-0.15, -0.1) is 0 Å². The normalized spacial score (nSPS) is 22.1. The van der Waals surface area contributed by atoms with Crippen molar-refractivity contribution in [1.29, 1.82) is 0 Å². The van der Waals surface area contributed by atoms with E-state index in [-0.39, 0.29) is 0 Å². The van der Waals surface area contributed by atoms with Crippen LogP contribution in [-0.4, -0.2) is 35.6 Å². The molecule has 0 aromatic rings. The van der Waals surface area contributed by atoms with E-state index in [2.05, 4.69) is 18.7 Å². The highest BCUT2D eigenvalue weighted by Gasteiger charge is 2.40. The zero-order valence-corrected chi connectivity index (χ0v) is 9.25. The third-order valence-electron chi connectivity index (χ3n) is 3.44. The molecule has 1 heterocycles. The lowest BCUT2D eigenvalue weighted by Gasteiger charge is -2.38. The lowest BCUT2D eigenvalue weighted by Crippen LogP contribution is -2.44. The predicted octanol–water partition coefficient (Wildman–Crippen LogP) is 1.97. The fourth-order valence-electron chi connectivity index (χ4n) is 2.35. The molecule has 1 rings (SSSR count). The molecule has 1 aliphatic rings. The molecular weight excluding hydrogens is 178 g/mol. The van der Waals surface area contributed by atoms with Crippen molar-refractivity contribution in [2.45, 2.75) is 39.5 Å². The topological polar surface area (TPSA) is 40.5 Å². The number of carboxylic acids is 1. The second-order valence-electron chi connectivity index (χ2n) is 4.27. The van der Waals surface area contributed by atoms with E-state index >= 15 is 0 Å². The van der Waals surface area contributed by atoms with Crippen molar-refractivity contribution in [2.24, 2.45) is 5.41 Å². The van der Waals surface area contributed by atoms with Gasteiger partial charge in [-0.1, -0.05) is 20.3 Å². The molecule has 0 spiro atoms. The molecule has 0 radical (unpaired) electrons. The number of piperidine rings is 1. The molecule has 14 heavy (non-hydrogen) atoms. The number of hydrogen-bond donors (Lipinski definition) is 1. The molecule has 1 saturated heterocycles. The lowest BCUT2D eigenvalue weighted by molar-refractivity contribution is -0.152. The van der Waals surface area contributed by atoms with Crippen LogP contribution in [0.3, 0.4) is 0 Å². The van der Waals surface area contributed by atoms with Crippen LogP contribution in [0, 0.1) is 5.41 Å². The van der Waals surface area contributed by atoms with Crippen LogP contribution in [0.25, 0.3) is 0 Å². The monoisotopic (exact) mass is 199 g/mol. The average molecular weight is 199 g/mol. The second-order valence-corrected chi connectivity index (χ2v) is 4.27. The first-order chi connectivity index (χ1) is 6.64. The molecule has 0 bridgehead atoms. The average Bonchev–Trinajstić information content (AvgIpc) is 2.19. The first-order valence-electron chi connectivity index (χ1n) is 5.60. The van der Waals surface area contributed by atoms with Crippen LogP contribution >= 0.6 is 0 Å². The summed E-state index contributed by atoms with van der Waals surface area (Å²) in [4.78, 5) is 13.6. The van der Waals surface area contributed by atoms with Crippen molar-refractivity contribution in [2.75, 3.05) is 19.6 Å². The van der Waals surface area contributed by atoms with Gasteiger partial charge >= 0.3 is 5.97 Å². The third-order valence-corrected chi connectivity index (χ3v) is 3.44. The third kappa shape index (κ3) is 2.27. The summed E-state index contributed by atoms with van der Waals surface area (Å²) in [6.45, 7) is 7.14. The van der Waals surface area contributed by atoms with Crippen molar-refractivity contribution in [1.82, 2.24) is 4.90 Å². The quantitative estimate of drug-likeness (QED) is 0.752. The number of carboxylic acid groups (broad SMARTS) is 1. The number of rotatable bonds is 4. The predicted molar refractivity (Wildman–Crippen MR) is 56.3 cm³/mol. The molecule has 3 nitrogen and oxygen atoms in total. The Morgan fingerprint density at radius 1 is 1.36 bits per heavy atom. The Morgan fingerprint density at radius 3 is 2.29 bits per heavy atom. The Morgan fingerprint density at radius 2 is 1.93 bits per heavy atom. The summed E-state index contributed by atoms with van der Waals surface area (Å²) in [5.41, 5.74) is -0.416. The minimum Gasteiger partial charge on any atom is -0.481 e. The first kappa shape index (κ1) is 11.5. The van der Waals surface area contributed by atoms with Crippen molar-refractivity contribution < 1.29 is 9.90 Å². The summed E-state index contributed by atoms with van der Waals surface area (Å²) in [6.07, 6.45) is 3.45. The van der Waals surface area contributed by atoms with Crippen LogP contribution in [0.4, 0.5) is 0 Å². The molecule has 3 heteroatoms. The molecule has 0 amide bonds. The van der Waals surface area contributed by atoms with Crippen LogP contribution in [-0.2, 0) is 4.79 Å².